The first-order valence-corrected chi connectivity index (χ1v) is 14.9. The maximum absolute atomic E-state index is 13.7. The number of nitrogens with two attached hydrogens (primary N) is 3. The van der Waals surface area contributed by atoms with E-state index in [-0.39, 0.29) is 37.2 Å². The Bertz CT molecular complexity index is 1480. The number of hydrogen-bond acceptors (Lipinski definition) is 6. The van der Waals surface area contributed by atoms with Gasteiger partial charge in [0, 0.05) is 43.7 Å². The van der Waals surface area contributed by atoms with Gasteiger partial charge in [-0.25, -0.2) is 15.9 Å². The number of hydrazine groups is 1. The van der Waals surface area contributed by atoms with Crippen molar-refractivity contribution in [3.63, 3.8) is 0 Å². The van der Waals surface area contributed by atoms with Crippen LogP contribution in [0.4, 0.5) is 32.2 Å². The van der Waals surface area contributed by atoms with Gasteiger partial charge in [0.25, 0.3) is 0 Å². The van der Waals surface area contributed by atoms with Crippen LogP contribution < -0.4 is 22.2 Å². The largest absolute Gasteiger partial charge is 0.416 e. The van der Waals surface area contributed by atoms with E-state index in [0.29, 0.717) is 24.0 Å². The molecule has 0 amide bonds. The van der Waals surface area contributed by atoms with Gasteiger partial charge in [-0.15, -0.1) is 5.10 Å². The molecular formula is C31H38F6N8. The first-order valence-electron chi connectivity index (χ1n) is 14.9. The number of aryl methyl sites for hydroxylation is 1. The molecule has 1 heterocycles. The lowest BCUT2D eigenvalue weighted by Gasteiger charge is -2.30. The van der Waals surface area contributed by atoms with E-state index in [1.54, 1.807) is 0 Å². The summed E-state index contributed by atoms with van der Waals surface area (Å²) in [4.78, 5) is 8.80. The zero-order valence-corrected chi connectivity index (χ0v) is 25.0. The first kappa shape index (κ1) is 32.6. The second-order valence-corrected chi connectivity index (χ2v) is 12.1. The van der Waals surface area contributed by atoms with Crippen molar-refractivity contribution in [3.8, 4) is 0 Å². The van der Waals surface area contributed by atoms with Crippen molar-refractivity contribution in [3.05, 3.63) is 70.3 Å². The molecular weight excluding hydrogens is 598 g/mol. The number of rotatable bonds is 12. The summed E-state index contributed by atoms with van der Waals surface area (Å²) in [6, 6.07) is 9.27. The Morgan fingerprint density at radius 3 is 2.04 bits per heavy atom. The Kier molecular flexibility index (Phi) is 9.36. The van der Waals surface area contributed by atoms with Crippen LogP contribution in [-0.2, 0) is 25.4 Å². The zero-order chi connectivity index (χ0) is 32.5. The van der Waals surface area contributed by atoms with Crippen molar-refractivity contribution in [2.24, 2.45) is 34.2 Å². The van der Waals surface area contributed by atoms with Gasteiger partial charge in [0.1, 0.15) is 5.82 Å². The highest BCUT2D eigenvalue weighted by molar-refractivity contribution is 5.85. The maximum atomic E-state index is 13.7. The second-order valence-electron chi connectivity index (χ2n) is 12.1. The standard InChI is InChI=1S/C31H38F6N8/c1-19-3-2-4-23-13-24(28(41-27(19)23)43(15-20-5-6-20)16-21-7-8-21)18-44(29(39)42-45(40)10-9-38)17-22-11-25(30(32,33)34)14-26(12-22)31(35,36)37/h2-4,11-14,20-21H,5-10,15-18,38,40H2,1H3,(H2,39,42). The molecule has 0 saturated heterocycles. The number of hydrazone groups is 1. The summed E-state index contributed by atoms with van der Waals surface area (Å²) in [6.07, 6.45) is -5.48. The lowest BCUT2D eigenvalue weighted by Crippen LogP contribution is -2.41. The van der Waals surface area contributed by atoms with Crippen LogP contribution in [0.1, 0.15) is 53.5 Å². The number of hydrogen-bond donors (Lipinski definition) is 3. The van der Waals surface area contributed by atoms with E-state index in [4.69, 9.17) is 22.3 Å². The van der Waals surface area contributed by atoms with Crippen LogP contribution in [0.15, 0.2) is 47.6 Å². The number of aromatic nitrogens is 1. The summed E-state index contributed by atoms with van der Waals surface area (Å²) < 4.78 is 82.2. The van der Waals surface area contributed by atoms with E-state index in [2.05, 4.69) is 10.0 Å². The van der Waals surface area contributed by atoms with Gasteiger partial charge < -0.3 is 21.3 Å². The van der Waals surface area contributed by atoms with Gasteiger partial charge in [-0.2, -0.15) is 26.3 Å². The Hall–Kier alpha value is -3.78. The number of guanidine groups is 1. The van der Waals surface area contributed by atoms with Crippen LogP contribution in [0.25, 0.3) is 10.9 Å². The smallest absolute Gasteiger partial charge is 0.368 e. The molecule has 8 nitrogen and oxygen atoms in total. The highest BCUT2D eigenvalue weighted by Crippen LogP contribution is 2.39. The second kappa shape index (κ2) is 12.9. The predicted molar refractivity (Wildman–Crippen MR) is 161 cm³/mol. The molecule has 0 aliphatic heterocycles. The fourth-order valence-electron chi connectivity index (χ4n) is 5.37. The predicted octanol–water partition coefficient (Wildman–Crippen LogP) is 5.57. The highest BCUT2D eigenvalue weighted by atomic mass is 19.4. The van der Waals surface area contributed by atoms with E-state index < -0.39 is 30.0 Å². The van der Waals surface area contributed by atoms with Crippen LogP contribution in [0.3, 0.4) is 0 Å². The van der Waals surface area contributed by atoms with Crippen LogP contribution in [0.2, 0.25) is 0 Å². The van der Waals surface area contributed by atoms with Gasteiger partial charge in [0.05, 0.1) is 23.2 Å². The number of benzene rings is 2. The molecule has 2 aliphatic carbocycles. The summed E-state index contributed by atoms with van der Waals surface area (Å²) >= 11 is 0. The SMILES string of the molecule is Cc1cccc2cc(CN(Cc3cc(C(F)(F)F)cc(C(F)(F)F)c3)/C(N)=N/N(N)CCN)c(N(CC3CC3)CC3CC3)nc12. The average Bonchev–Trinajstić information content (AvgIpc) is 3.89. The number of anilines is 1. The van der Waals surface area contributed by atoms with Crippen molar-refractivity contribution >= 4 is 22.7 Å². The van der Waals surface area contributed by atoms with E-state index in [9.17, 15) is 26.3 Å². The first-order chi connectivity index (χ1) is 21.2. The number of nitrogens with zero attached hydrogens (tertiary/aromatic N) is 5. The molecule has 2 fully saturated rings. The van der Waals surface area contributed by atoms with E-state index in [1.165, 1.54) is 4.90 Å². The third-order valence-electron chi connectivity index (χ3n) is 8.05. The minimum Gasteiger partial charge on any atom is -0.368 e. The summed E-state index contributed by atoms with van der Waals surface area (Å²) in [5.74, 6) is 7.52. The molecule has 0 radical (unpaired) electrons. The fourth-order valence-corrected chi connectivity index (χ4v) is 5.37. The number of fused-ring (bicyclic) bond motifs is 1. The molecule has 3 aromatic rings. The lowest BCUT2D eigenvalue weighted by molar-refractivity contribution is -0.143. The molecule has 1 aromatic heterocycles. The van der Waals surface area contributed by atoms with Gasteiger partial charge in [0.15, 0.2) is 0 Å². The van der Waals surface area contributed by atoms with E-state index in [1.807, 2.05) is 31.2 Å². The summed E-state index contributed by atoms with van der Waals surface area (Å²) in [5, 5.41) is 5.98. The third-order valence-corrected chi connectivity index (χ3v) is 8.05. The highest BCUT2D eigenvalue weighted by Gasteiger charge is 2.37. The van der Waals surface area contributed by atoms with Gasteiger partial charge >= 0.3 is 12.4 Å². The monoisotopic (exact) mass is 636 g/mol. The van der Waals surface area contributed by atoms with Crippen molar-refractivity contribution in [1.29, 1.82) is 0 Å². The van der Waals surface area contributed by atoms with Crippen molar-refractivity contribution in [2.75, 3.05) is 31.1 Å². The molecule has 0 unspecified atom stereocenters. The minimum atomic E-state index is -4.99. The Morgan fingerprint density at radius 2 is 1.51 bits per heavy atom. The number of alkyl halides is 6. The Balaban J connectivity index is 1.60. The van der Waals surface area contributed by atoms with Crippen molar-refractivity contribution in [2.45, 2.75) is 58.0 Å². The lowest BCUT2D eigenvalue weighted by atomic mass is 10.0. The molecule has 5 rings (SSSR count). The molecule has 2 aliphatic rings. The fraction of sp³-hybridized carbons (Fsp3) is 0.484. The zero-order valence-electron chi connectivity index (χ0n) is 25.0. The van der Waals surface area contributed by atoms with E-state index >= 15 is 0 Å². The molecule has 6 N–H and O–H groups in total. The average molecular weight is 637 g/mol. The summed E-state index contributed by atoms with van der Waals surface area (Å²) in [6.45, 7) is 3.46. The molecule has 0 spiro atoms. The topological polar surface area (TPSA) is 113 Å². The van der Waals surface area contributed by atoms with Crippen molar-refractivity contribution in [1.82, 2.24) is 15.0 Å². The van der Waals surface area contributed by atoms with Gasteiger partial charge in [-0.1, -0.05) is 18.2 Å². The quantitative estimate of drug-likeness (QED) is 0.0783. The number of pyridine rings is 1. The van der Waals surface area contributed by atoms with Crippen LogP contribution in [-0.4, -0.2) is 47.1 Å². The van der Waals surface area contributed by atoms with Crippen LogP contribution in [0, 0.1) is 18.8 Å². The van der Waals surface area contributed by atoms with Crippen LogP contribution in [0.5, 0.6) is 0 Å². The number of para-hydroxylation sites is 1. The molecule has 0 bridgehead atoms. The molecule has 45 heavy (non-hydrogen) atoms. The Morgan fingerprint density at radius 1 is 0.911 bits per heavy atom. The van der Waals surface area contributed by atoms with Gasteiger partial charge in [0.2, 0.25) is 5.96 Å². The van der Waals surface area contributed by atoms with Gasteiger partial charge in [-0.05, 0) is 79.8 Å². The van der Waals surface area contributed by atoms with E-state index in [0.717, 1.165) is 71.7 Å². The normalized spacial score (nSPS) is 15.9. The summed E-state index contributed by atoms with van der Waals surface area (Å²) in [5.41, 5.74) is 11.4. The molecule has 14 heteroatoms. The minimum absolute atomic E-state index is 0.00143. The third kappa shape index (κ3) is 8.48. The molecule has 244 valence electrons. The number of halogens is 6. The summed E-state index contributed by atoms with van der Waals surface area (Å²) in [7, 11) is 0. The molecule has 0 atom stereocenters. The molecule has 2 saturated carbocycles. The van der Waals surface area contributed by atoms with Crippen molar-refractivity contribution < 1.29 is 26.3 Å². The van der Waals surface area contributed by atoms with Gasteiger partial charge in [-0.3, -0.25) is 0 Å². The Labute approximate surface area is 257 Å². The molecule has 2 aromatic carbocycles. The van der Waals surface area contributed by atoms with Crippen LogP contribution >= 0.6 is 0 Å². The maximum Gasteiger partial charge on any atom is 0.416 e.